The van der Waals surface area contributed by atoms with Crippen molar-refractivity contribution in [2.45, 2.75) is 47.2 Å². The van der Waals surface area contributed by atoms with E-state index in [1.165, 1.54) is 11.8 Å². The van der Waals surface area contributed by atoms with E-state index in [-0.39, 0.29) is 42.3 Å². The molecule has 1 aromatic rings. The summed E-state index contributed by atoms with van der Waals surface area (Å²) in [5.74, 6) is -5.26. The van der Waals surface area contributed by atoms with Crippen LogP contribution in [0.25, 0.3) is 0 Å². The van der Waals surface area contributed by atoms with Gasteiger partial charge in [-0.1, -0.05) is 0 Å². The standard InChI is InChI=1S/C21H29N5O9S2/c22-4-3-9-5-13-16(26-12(8-36-13)21(34)35)17(30)18(9)37-7-11(19(31)24-6-15(28)29)25-14(27)2-1-10(23)20(32)33/h5,10-12,26,30H,1-4,6-8,22-23H2,(H,24,31)(H,25,27)(H,28,29)(H,32,33)(H,34,35)/t10-,11-,12?/m0/s1. The van der Waals surface area contributed by atoms with Crippen LogP contribution in [-0.2, 0) is 30.4 Å². The van der Waals surface area contributed by atoms with Crippen LogP contribution in [0.2, 0.25) is 0 Å². The molecule has 1 unspecified atom stereocenters. The zero-order valence-electron chi connectivity index (χ0n) is 19.6. The summed E-state index contributed by atoms with van der Waals surface area (Å²) in [5.41, 5.74) is 12.0. The van der Waals surface area contributed by atoms with E-state index >= 15 is 0 Å². The van der Waals surface area contributed by atoms with Crippen molar-refractivity contribution < 1.29 is 44.4 Å². The molecule has 1 aliphatic heterocycles. The van der Waals surface area contributed by atoms with Crippen molar-refractivity contribution in [3.8, 4) is 5.75 Å². The summed E-state index contributed by atoms with van der Waals surface area (Å²) in [4.78, 5) is 59.1. The molecule has 37 heavy (non-hydrogen) atoms. The number of nitrogens with one attached hydrogen (secondary N) is 3. The molecule has 1 aliphatic rings. The van der Waals surface area contributed by atoms with Crippen LogP contribution >= 0.6 is 23.5 Å². The Balaban J connectivity index is 2.26. The second-order valence-electron chi connectivity index (χ2n) is 8.00. The number of phenols is 1. The van der Waals surface area contributed by atoms with Gasteiger partial charge in [0.05, 0.1) is 10.6 Å². The molecule has 0 saturated carbocycles. The molecule has 0 aliphatic carbocycles. The molecule has 0 spiro atoms. The van der Waals surface area contributed by atoms with Gasteiger partial charge in [0.25, 0.3) is 0 Å². The minimum Gasteiger partial charge on any atom is -0.505 e. The van der Waals surface area contributed by atoms with Crippen LogP contribution in [0.5, 0.6) is 5.75 Å². The molecule has 3 atom stereocenters. The minimum absolute atomic E-state index is 0.137. The average Bonchev–Trinajstić information content (AvgIpc) is 2.84. The Morgan fingerprint density at radius 1 is 1.22 bits per heavy atom. The van der Waals surface area contributed by atoms with Gasteiger partial charge in [-0.05, 0) is 31.0 Å². The Bertz CT molecular complexity index is 1060. The van der Waals surface area contributed by atoms with Gasteiger partial charge in [-0.3, -0.25) is 19.2 Å². The van der Waals surface area contributed by atoms with Gasteiger partial charge in [0.2, 0.25) is 11.8 Å². The number of carbonyl (C=O) groups excluding carboxylic acids is 2. The summed E-state index contributed by atoms with van der Waals surface area (Å²) in [6.07, 6.45) is -0.111. The number of anilines is 1. The van der Waals surface area contributed by atoms with E-state index < -0.39 is 54.4 Å². The van der Waals surface area contributed by atoms with Gasteiger partial charge in [0.15, 0.2) is 5.75 Å². The molecule has 204 valence electrons. The summed E-state index contributed by atoms with van der Waals surface area (Å²) >= 11 is 2.26. The number of thioether (sulfide) groups is 2. The van der Waals surface area contributed by atoms with Gasteiger partial charge >= 0.3 is 17.9 Å². The predicted octanol–water partition coefficient (Wildman–Crippen LogP) is -1.17. The lowest BCUT2D eigenvalue weighted by Crippen LogP contribution is -2.49. The first kappa shape index (κ1) is 30.0. The minimum atomic E-state index is -1.30. The van der Waals surface area contributed by atoms with Crippen LogP contribution in [0.4, 0.5) is 5.69 Å². The SMILES string of the molecule is NCCc1cc2c(c(O)c1SC[C@H](NC(=O)CC[C@H](N)C(=O)O)C(=O)NCC(=O)O)NC(C(=O)O)CS2. The predicted molar refractivity (Wildman–Crippen MR) is 135 cm³/mol. The highest BCUT2D eigenvalue weighted by Gasteiger charge is 2.30. The third kappa shape index (κ3) is 8.70. The van der Waals surface area contributed by atoms with Gasteiger partial charge in [-0.25, -0.2) is 4.79 Å². The van der Waals surface area contributed by atoms with Crippen LogP contribution in [0, 0.1) is 0 Å². The number of benzene rings is 1. The molecule has 11 N–H and O–H groups in total. The topological polar surface area (TPSA) is 254 Å². The van der Waals surface area contributed by atoms with Crippen molar-refractivity contribution in [2.75, 3.05) is 29.9 Å². The summed E-state index contributed by atoms with van der Waals surface area (Å²) < 4.78 is 0. The second kappa shape index (κ2) is 13.9. The number of fused-ring (bicyclic) bond motifs is 1. The molecule has 14 nitrogen and oxygen atoms in total. The highest BCUT2D eigenvalue weighted by Crippen LogP contribution is 2.46. The first-order chi connectivity index (χ1) is 17.4. The molecule has 1 heterocycles. The van der Waals surface area contributed by atoms with E-state index in [0.29, 0.717) is 21.8 Å². The molecule has 1 aromatic carbocycles. The number of carbonyl (C=O) groups is 5. The van der Waals surface area contributed by atoms with Crippen molar-refractivity contribution in [1.29, 1.82) is 0 Å². The number of carboxylic acid groups (broad SMARTS) is 3. The van der Waals surface area contributed by atoms with Gasteiger partial charge in [-0.2, -0.15) is 0 Å². The van der Waals surface area contributed by atoms with Crippen molar-refractivity contribution in [1.82, 2.24) is 10.6 Å². The lowest BCUT2D eigenvalue weighted by atomic mass is 10.1. The van der Waals surface area contributed by atoms with E-state index in [1.807, 2.05) is 0 Å². The van der Waals surface area contributed by atoms with Crippen LogP contribution in [0.1, 0.15) is 18.4 Å². The van der Waals surface area contributed by atoms with E-state index in [2.05, 4.69) is 16.0 Å². The van der Waals surface area contributed by atoms with Crippen molar-refractivity contribution in [3.63, 3.8) is 0 Å². The molecular weight excluding hydrogens is 530 g/mol. The Morgan fingerprint density at radius 2 is 1.92 bits per heavy atom. The lowest BCUT2D eigenvalue weighted by molar-refractivity contribution is -0.139. The van der Waals surface area contributed by atoms with Crippen LogP contribution in [0.15, 0.2) is 15.9 Å². The molecule has 0 aromatic heterocycles. The number of aromatic hydroxyl groups is 1. The molecule has 16 heteroatoms. The fourth-order valence-corrected chi connectivity index (χ4v) is 5.52. The first-order valence-corrected chi connectivity index (χ1v) is 13.0. The number of hydrogen-bond donors (Lipinski definition) is 9. The molecule has 0 saturated heterocycles. The van der Waals surface area contributed by atoms with Gasteiger partial charge in [0, 0.05) is 22.8 Å². The van der Waals surface area contributed by atoms with E-state index in [9.17, 15) is 34.2 Å². The number of amides is 2. The lowest BCUT2D eigenvalue weighted by Gasteiger charge is -2.27. The molecule has 0 radical (unpaired) electrons. The maximum Gasteiger partial charge on any atom is 0.327 e. The van der Waals surface area contributed by atoms with Gasteiger partial charge in [-0.15, -0.1) is 23.5 Å². The maximum absolute atomic E-state index is 12.6. The quantitative estimate of drug-likeness (QED) is 0.0962. The van der Waals surface area contributed by atoms with Crippen molar-refractivity contribution in [2.24, 2.45) is 11.5 Å². The average molecular weight is 560 g/mol. The van der Waals surface area contributed by atoms with Crippen LogP contribution < -0.4 is 27.4 Å². The largest absolute Gasteiger partial charge is 0.505 e. The number of hydrogen-bond acceptors (Lipinski definition) is 11. The number of rotatable bonds is 14. The van der Waals surface area contributed by atoms with Gasteiger partial charge in [0.1, 0.15) is 24.7 Å². The third-order valence-corrected chi connectivity index (χ3v) is 7.57. The highest BCUT2D eigenvalue weighted by molar-refractivity contribution is 8.00. The van der Waals surface area contributed by atoms with Crippen molar-refractivity contribution >= 4 is 58.9 Å². The normalized spacial score (nSPS) is 16.0. The third-order valence-electron chi connectivity index (χ3n) is 5.19. The van der Waals surface area contributed by atoms with E-state index in [0.717, 1.165) is 11.8 Å². The summed E-state index contributed by atoms with van der Waals surface area (Å²) in [7, 11) is 0. The zero-order chi connectivity index (χ0) is 27.7. The number of phenolic OH excluding ortho intramolecular Hbond substituents is 1. The van der Waals surface area contributed by atoms with Crippen LogP contribution in [-0.4, -0.2) is 92.9 Å². The maximum atomic E-state index is 12.6. The number of carboxylic acids is 3. The Hall–Kier alpha value is -3.21. The smallest absolute Gasteiger partial charge is 0.327 e. The Morgan fingerprint density at radius 3 is 2.51 bits per heavy atom. The molecule has 2 amide bonds. The number of aliphatic carboxylic acids is 3. The second-order valence-corrected chi connectivity index (χ2v) is 10.1. The summed E-state index contributed by atoms with van der Waals surface area (Å²) in [6.45, 7) is -0.454. The van der Waals surface area contributed by atoms with Gasteiger partial charge < -0.3 is 47.8 Å². The first-order valence-electron chi connectivity index (χ1n) is 11.1. The molecular formula is C21H29N5O9S2. The van der Waals surface area contributed by atoms with Crippen molar-refractivity contribution in [3.05, 3.63) is 11.6 Å². The van der Waals surface area contributed by atoms with Crippen LogP contribution in [0.3, 0.4) is 0 Å². The van der Waals surface area contributed by atoms with E-state index in [4.69, 9.17) is 21.7 Å². The fraction of sp³-hybridized carbons (Fsp3) is 0.476. The summed E-state index contributed by atoms with van der Waals surface area (Å²) in [5, 5.41) is 45.5. The summed E-state index contributed by atoms with van der Waals surface area (Å²) in [6, 6.07) is -1.67. The Labute approximate surface area is 219 Å². The zero-order valence-corrected chi connectivity index (χ0v) is 21.2. The fourth-order valence-electron chi connectivity index (χ4n) is 3.27. The number of nitrogens with two attached hydrogens (primary N) is 2. The molecule has 2 rings (SSSR count). The molecule has 0 fully saturated rings. The van der Waals surface area contributed by atoms with E-state index in [1.54, 1.807) is 6.07 Å². The molecule has 0 bridgehead atoms. The monoisotopic (exact) mass is 559 g/mol. The Kier molecular flexibility index (Phi) is 11.3. The highest BCUT2D eigenvalue weighted by atomic mass is 32.2.